The monoisotopic (exact) mass is 345 g/mol. The van der Waals surface area contributed by atoms with Gasteiger partial charge >= 0.3 is 0 Å². The van der Waals surface area contributed by atoms with Gasteiger partial charge in [0.25, 0.3) is 11.5 Å². The third kappa shape index (κ3) is 3.99. The lowest BCUT2D eigenvalue weighted by Crippen LogP contribution is -2.25. The predicted octanol–water partition coefficient (Wildman–Crippen LogP) is -1.09. The lowest BCUT2D eigenvalue weighted by atomic mass is 10.1. The van der Waals surface area contributed by atoms with Gasteiger partial charge in [-0.05, 0) is 18.2 Å². The van der Waals surface area contributed by atoms with Crippen molar-refractivity contribution in [1.29, 1.82) is 0 Å². The minimum atomic E-state index is -1.49. The van der Waals surface area contributed by atoms with E-state index in [9.17, 15) is 19.5 Å². The fraction of sp³-hybridized carbons (Fsp3) is 0.133. The van der Waals surface area contributed by atoms with Gasteiger partial charge in [0, 0.05) is 11.6 Å². The Balaban J connectivity index is 2.25. The highest BCUT2D eigenvalue weighted by Crippen LogP contribution is 2.32. The van der Waals surface area contributed by atoms with Gasteiger partial charge in [0.15, 0.2) is 17.2 Å². The van der Waals surface area contributed by atoms with E-state index in [4.69, 9.17) is 9.47 Å². The van der Waals surface area contributed by atoms with E-state index in [1.807, 2.05) is 0 Å². The molecule has 0 radical (unpaired) electrons. The van der Waals surface area contributed by atoms with Crippen LogP contribution in [0.5, 0.6) is 11.5 Å². The molecule has 0 saturated heterocycles. The number of benzene rings is 1. The number of hydrogen-bond acceptors (Lipinski definition) is 8. The number of hydrogen-bond donors (Lipinski definition) is 2. The molecule has 0 aliphatic carbocycles. The van der Waals surface area contributed by atoms with E-state index in [2.05, 4.69) is 20.7 Å². The second kappa shape index (κ2) is 7.73. The number of ether oxygens (including phenoxy) is 2. The highest BCUT2D eigenvalue weighted by Gasteiger charge is 2.15. The number of aromatic nitrogens is 2. The third-order valence-electron chi connectivity index (χ3n) is 3.06. The minimum Gasteiger partial charge on any atom is -0.545 e. The second-order valence-corrected chi connectivity index (χ2v) is 4.56. The number of carbonyl (C=O) groups is 2. The largest absolute Gasteiger partial charge is 0.545 e. The van der Waals surface area contributed by atoms with Crippen molar-refractivity contribution in [2.75, 3.05) is 14.2 Å². The fourth-order valence-corrected chi connectivity index (χ4v) is 1.95. The van der Waals surface area contributed by atoms with Crippen LogP contribution < -0.4 is 25.6 Å². The van der Waals surface area contributed by atoms with Crippen LogP contribution >= 0.6 is 0 Å². The van der Waals surface area contributed by atoms with E-state index in [-0.39, 0.29) is 28.3 Å². The van der Waals surface area contributed by atoms with Crippen molar-refractivity contribution in [2.24, 2.45) is 5.10 Å². The zero-order valence-corrected chi connectivity index (χ0v) is 13.2. The number of amides is 1. The Hall–Kier alpha value is -3.69. The maximum Gasteiger partial charge on any atom is 0.291 e. The Labute approximate surface area is 141 Å². The van der Waals surface area contributed by atoms with E-state index >= 15 is 0 Å². The Bertz CT molecular complexity index is 870. The standard InChI is InChI=1S/C15H14N4O6/c1-24-10-5-3-8(12(15(22)23)13(10)25-2)7-16-19-14(21)9-4-6-11(20)18-17-9/h3-7H,1-2H3,(H,18,20)(H,19,21)(H,22,23)/p-1/b16-7-. The van der Waals surface area contributed by atoms with Gasteiger partial charge < -0.3 is 19.4 Å². The molecular weight excluding hydrogens is 332 g/mol. The Kier molecular flexibility index (Phi) is 5.46. The van der Waals surface area contributed by atoms with Gasteiger partial charge in [-0.15, -0.1) is 0 Å². The first-order chi connectivity index (χ1) is 12.0. The number of hydrazone groups is 1. The summed E-state index contributed by atoms with van der Waals surface area (Å²) in [5.41, 5.74) is 1.50. The molecule has 0 spiro atoms. The molecule has 1 aromatic carbocycles. The first-order valence-corrected chi connectivity index (χ1v) is 6.83. The van der Waals surface area contributed by atoms with Crippen molar-refractivity contribution >= 4 is 18.1 Å². The van der Waals surface area contributed by atoms with Crippen LogP contribution in [-0.4, -0.2) is 42.5 Å². The molecule has 0 fully saturated rings. The van der Waals surface area contributed by atoms with Crippen LogP contribution in [0.2, 0.25) is 0 Å². The van der Waals surface area contributed by atoms with Crippen molar-refractivity contribution in [3.05, 3.63) is 51.4 Å². The number of aromatic carboxylic acids is 1. The number of carboxylic acids is 1. The van der Waals surface area contributed by atoms with E-state index in [0.29, 0.717) is 0 Å². The van der Waals surface area contributed by atoms with Crippen molar-refractivity contribution in [1.82, 2.24) is 15.6 Å². The summed E-state index contributed by atoms with van der Waals surface area (Å²) in [4.78, 5) is 34.1. The average Bonchev–Trinajstić information content (AvgIpc) is 2.61. The SMILES string of the molecule is COc1ccc(/C=N\NC(=O)c2ccc(=O)[nH]n2)c(C(=O)[O-])c1OC. The van der Waals surface area contributed by atoms with Crippen molar-refractivity contribution in [3.8, 4) is 11.5 Å². The van der Waals surface area contributed by atoms with Crippen LogP contribution in [-0.2, 0) is 0 Å². The Morgan fingerprint density at radius 3 is 2.56 bits per heavy atom. The normalized spacial score (nSPS) is 10.5. The van der Waals surface area contributed by atoms with Gasteiger partial charge in [0.1, 0.15) is 0 Å². The molecule has 0 atom stereocenters. The van der Waals surface area contributed by atoms with Crippen molar-refractivity contribution < 1.29 is 24.2 Å². The summed E-state index contributed by atoms with van der Waals surface area (Å²) in [5.74, 6) is -2.01. The molecule has 10 nitrogen and oxygen atoms in total. The van der Waals surface area contributed by atoms with Crippen molar-refractivity contribution in [2.45, 2.75) is 0 Å². The molecule has 1 aromatic heterocycles. The molecule has 0 bridgehead atoms. The van der Waals surface area contributed by atoms with Gasteiger partial charge in [0.2, 0.25) is 0 Å². The highest BCUT2D eigenvalue weighted by molar-refractivity contribution is 6.01. The van der Waals surface area contributed by atoms with Gasteiger partial charge in [-0.1, -0.05) is 0 Å². The zero-order valence-electron chi connectivity index (χ0n) is 13.2. The number of nitrogens with one attached hydrogen (secondary N) is 2. The molecule has 0 unspecified atom stereocenters. The summed E-state index contributed by atoms with van der Waals surface area (Å²) in [6, 6.07) is 5.25. The van der Waals surface area contributed by atoms with Crippen LogP contribution in [0.25, 0.3) is 0 Å². The summed E-state index contributed by atoms with van der Waals surface area (Å²) >= 11 is 0. The molecule has 2 rings (SSSR count). The first kappa shape index (κ1) is 17.7. The summed E-state index contributed by atoms with van der Waals surface area (Å²) in [7, 11) is 2.65. The predicted molar refractivity (Wildman–Crippen MR) is 83.8 cm³/mol. The van der Waals surface area contributed by atoms with Crippen molar-refractivity contribution in [3.63, 3.8) is 0 Å². The van der Waals surface area contributed by atoms with E-state index in [0.717, 1.165) is 12.3 Å². The van der Waals surface area contributed by atoms with Crippen LogP contribution in [0.15, 0.2) is 34.2 Å². The number of methoxy groups -OCH3 is 2. The van der Waals surface area contributed by atoms with E-state index in [1.165, 1.54) is 32.4 Å². The molecule has 130 valence electrons. The number of carbonyl (C=O) groups excluding carboxylic acids is 2. The molecule has 25 heavy (non-hydrogen) atoms. The summed E-state index contributed by atoms with van der Waals surface area (Å²) in [6.07, 6.45) is 1.11. The average molecular weight is 345 g/mol. The molecule has 0 saturated carbocycles. The smallest absolute Gasteiger partial charge is 0.291 e. The molecule has 1 heterocycles. The van der Waals surface area contributed by atoms with Gasteiger partial charge in [-0.25, -0.2) is 10.5 Å². The minimum absolute atomic E-state index is 0.0277. The fourth-order valence-electron chi connectivity index (χ4n) is 1.95. The number of carboxylic acid groups (broad SMARTS) is 1. The van der Waals surface area contributed by atoms with Crippen LogP contribution in [0.1, 0.15) is 26.4 Å². The summed E-state index contributed by atoms with van der Waals surface area (Å²) < 4.78 is 10.1. The van der Waals surface area contributed by atoms with Gasteiger partial charge in [-0.3, -0.25) is 9.59 Å². The van der Waals surface area contributed by atoms with Crippen LogP contribution in [0.3, 0.4) is 0 Å². The Morgan fingerprint density at radius 2 is 2.00 bits per heavy atom. The molecule has 2 N–H and O–H groups in total. The number of nitrogens with zero attached hydrogens (tertiary/aromatic N) is 2. The highest BCUT2D eigenvalue weighted by atomic mass is 16.5. The zero-order chi connectivity index (χ0) is 18.4. The maximum atomic E-state index is 11.8. The van der Waals surface area contributed by atoms with Gasteiger partial charge in [0.05, 0.1) is 32.0 Å². The number of rotatable bonds is 6. The van der Waals surface area contributed by atoms with Gasteiger partial charge in [-0.2, -0.15) is 10.2 Å². The third-order valence-corrected chi connectivity index (χ3v) is 3.06. The topological polar surface area (TPSA) is 146 Å². The summed E-state index contributed by atoms with van der Waals surface area (Å²) in [5, 5.41) is 20.7. The van der Waals surface area contributed by atoms with Crippen LogP contribution in [0, 0.1) is 0 Å². The molecular formula is C15H13N4O6-. The number of H-pyrrole nitrogens is 1. The lowest BCUT2D eigenvalue weighted by molar-refractivity contribution is -0.255. The molecule has 1 amide bonds. The number of aromatic amines is 1. The maximum absolute atomic E-state index is 11.8. The molecule has 10 heteroatoms. The quantitative estimate of drug-likeness (QED) is 0.500. The second-order valence-electron chi connectivity index (χ2n) is 4.56. The molecule has 0 aliphatic heterocycles. The van der Waals surface area contributed by atoms with E-state index in [1.54, 1.807) is 0 Å². The summed E-state index contributed by atoms with van der Waals surface area (Å²) in [6.45, 7) is 0. The lowest BCUT2D eigenvalue weighted by Gasteiger charge is -2.15. The molecule has 0 aliphatic rings. The molecule has 2 aromatic rings. The van der Waals surface area contributed by atoms with Crippen LogP contribution in [0.4, 0.5) is 0 Å². The first-order valence-electron chi connectivity index (χ1n) is 6.83. The Morgan fingerprint density at radius 1 is 1.24 bits per heavy atom. The van der Waals surface area contributed by atoms with E-state index < -0.39 is 17.4 Å².